The molecule has 0 unspecified atom stereocenters. The van der Waals surface area contributed by atoms with E-state index in [1.807, 2.05) is 30.3 Å². The number of rotatable bonds is 4. The maximum Gasteiger partial charge on any atom is 0.238 e. The van der Waals surface area contributed by atoms with Crippen molar-refractivity contribution in [2.75, 3.05) is 32.1 Å². The highest BCUT2D eigenvalue weighted by Crippen LogP contribution is 2.46. The molecule has 2 N–H and O–H groups in total. The first kappa shape index (κ1) is 18.0. The molecular formula is C22H26N2O3. The number of anilines is 1. The van der Waals surface area contributed by atoms with Gasteiger partial charge in [-0.05, 0) is 55.6 Å². The van der Waals surface area contributed by atoms with E-state index in [0.717, 1.165) is 32.4 Å². The number of fused-ring (bicyclic) bond motifs is 2. The van der Waals surface area contributed by atoms with Gasteiger partial charge in [0.2, 0.25) is 5.91 Å². The first-order valence-electron chi connectivity index (χ1n) is 9.54. The van der Waals surface area contributed by atoms with E-state index in [1.165, 1.54) is 11.1 Å². The van der Waals surface area contributed by atoms with E-state index in [1.54, 1.807) is 7.11 Å². The molecule has 5 heteroatoms. The van der Waals surface area contributed by atoms with Crippen molar-refractivity contribution in [1.29, 1.82) is 0 Å². The van der Waals surface area contributed by atoms with E-state index in [9.17, 15) is 9.90 Å². The molecule has 4 rings (SSSR count). The Labute approximate surface area is 160 Å². The van der Waals surface area contributed by atoms with Crippen LogP contribution in [0.4, 0.5) is 5.69 Å². The van der Waals surface area contributed by atoms with Gasteiger partial charge in [-0.15, -0.1) is 0 Å². The molecule has 5 nitrogen and oxygen atoms in total. The van der Waals surface area contributed by atoms with Gasteiger partial charge in [-0.2, -0.15) is 0 Å². The molecule has 0 bridgehead atoms. The summed E-state index contributed by atoms with van der Waals surface area (Å²) in [5.41, 5.74) is 3.12. The van der Waals surface area contributed by atoms with Crippen LogP contribution in [-0.4, -0.2) is 48.8 Å². The quantitative estimate of drug-likeness (QED) is 0.873. The number of para-hydroxylation sites is 2. The SMILES string of the molecule is COc1ccccc1NC(=O)CN1CCC2(CC1)c1ccccc1C[C@@H]2O. The highest BCUT2D eigenvalue weighted by Gasteiger charge is 2.47. The summed E-state index contributed by atoms with van der Waals surface area (Å²) in [4.78, 5) is 14.6. The minimum Gasteiger partial charge on any atom is -0.495 e. The highest BCUT2D eigenvalue weighted by molar-refractivity contribution is 5.93. The number of carbonyl (C=O) groups is 1. The number of methoxy groups -OCH3 is 1. The summed E-state index contributed by atoms with van der Waals surface area (Å²) in [6.45, 7) is 1.97. The number of nitrogens with zero attached hydrogens (tertiary/aromatic N) is 1. The van der Waals surface area contributed by atoms with Crippen molar-refractivity contribution >= 4 is 11.6 Å². The predicted octanol–water partition coefficient (Wildman–Crippen LogP) is 2.58. The lowest BCUT2D eigenvalue weighted by atomic mass is 9.72. The van der Waals surface area contributed by atoms with E-state index in [-0.39, 0.29) is 17.4 Å². The smallest absolute Gasteiger partial charge is 0.238 e. The first-order valence-corrected chi connectivity index (χ1v) is 9.54. The Morgan fingerprint density at radius 2 is 1.89 bits per heavy atom. The molecule has 2 aliphatic rings. The van der Waals surface area contributed by atoms with Crippen LogP contribution in [0.2, 0.25) is 0 Å². The third-order valence-electron chi connectivity index (χ3n) is 6.10. The van der Waals surface area contributed by atoms with Gasteiger partial charge in [0.05, 0.1) is 25.4 Å². The molecule has 142 valence electrons. The maximum absolute atomic E-state index is 12.5. The Hall–Kier alpha value is -2.37. The number of carbonyl (C=O) groups excluding carboxylic acids is 1. The first-order chi connectivity index (χ1) is 13.1. The topological polar surface area (TPSA) is 61.8 Å². The lowest BCUT2D eigenvalue weighted by Crippen LogP contribution is -2.49. The molecule has 2 aromatic rings. The average Bonchev–Trinajstić information content (AvgIpc) is 2.96. The molecule has 0 radical (unpaired) electrons. The van der Waals surface area contributed by atoms with E-state index < -0.39 is 0 Å². The maximum atomic E-state index is 12.5. The summed E-state index contributed by atoms with van der Waals surface area (Å²) in [6, 6.07) is 15.8. The Bertz CT molecular complexity index is 828. The fourth-order valence-corrected chi connectivity index (χ4v) is 4.62. The van der Waals surface area contributed by atoms with Gasteiger partial charge in [0.15, 0.2) is 0 Å². The Morgan fingerprint density at radius 1 is 1.19 bits per heavy atom. The molecule has 2 aromatic carbocycles. The zero-order valence-corrected chi connectivity index (χ0v) is 15.6. The van der Waals surface area contributed by atoms with Crippen molar-refractivity contribution in [2.24, 2.45) is 0 Å². The molecule has 1 fully saturated rings. The summed E-state index contributed by atoms with van der Waals surface area (Å²) in [5.74, 6) is 0.622. The Morgan fingerprint density at radius 3 is 2.67 bits per heavy atom. The third-order valence-corrected chi connectivity index (χ3v) is 6.10. The van der Waals surface area contributed by atoms with Gasteiger partial charge >= 0.3 is 0 Å². The molecule has 1 atom stereocenters. The third kappa shape index (κ3) is 3.33. The van der Waals surface area contributed by atoms with Crippen LogP contribution in [-0.2, 0) is 16.6 Å². The van der Waals surface area contributed by atoms with Crippen molar-refractivity contribution < 1.29 is 14.6 Å². The van der Waals surface area contributed by atoms with Crippen LogP contribution in [0.5, 0.6) is 5.75 Å². The lowest BCUT2D eigenvalue weighted by molar-refractivity contribution is -0.117. The summed E-state index contributed by atoms with van der Waals surface area (Å²) in [7, 11) is 1.60. The standard InChI is InChI=1S/C22H26N2O3/c1-27-19-9-5-4-8-18(19)23-21(26)15-24-12-10-22(11-13-24)17-7-3-2-6-16(17)14-20(22)25/h2-9,20,25H,10-15H2,1H3,(H,23,26)/t20-/m0/s1. The van der Waals surface area contributed by atoms with Gasteiger partial charge in [-0.3, -0.25) is 9.69 Å². The molecule has 1 saturated heterocycles. The van der Waals surface area contributed by atoms with Crippen LogP contribution >= 0.6 is 0 Å². The number of likely N-dealkylation sites (tertiary alicyclic amines) is 1. The number of ether oxygens (including phenoxy) is 1. The van der Waals surface area contributed by atoms with Gasteiger partial charge in [0.25, 0.3) is 0 Å². The number of aliphatic hydroxyl groups excluding tert-OH is 1. The molecule has 1 spiro atoms. The number of hydrogen-bond donors (Lipinski definition) is 2. The number of amides is 1. The minimum absolute atomic E-state index is 0.0391. The zero-order valence-electron chi connectivity index (χ0n) is 15.6. The van der Waals surface area contributed by atoms with Gasteiger partial charge < -0.3 is 15.2 Å². The van der Waals surface area contributed by atoms with E-state index >= 15 is 0 Å². The summed E-state index contributed by atoms with van der Waals surface area (Å²) < 4.78 is 5.29. The van der Waals surface area contributed by atoms with E-state index in [4.69, 9.17) is 4.74 Å². The van der Waals surface area contributed by atoms with Crippen LogP contribution in [0.3, 0.4) is 0 Å². The van der Waals surface area contributed by atoms with Crippen molar-refractivity contribution in [2.45, 2.75) is 30.8 Å². The molecule has 1 amide bonds. The van der Waals surface area contributed by atoms with Gasteiger partial charge in [0.1, 0.15) is 5.75 Å². The summed E-state index contributed by atoms with van der Waals surface area (Å²) >= 11 is 0. The van der Waals surface area contributed by atoms with Crippen molar-refractivity contribution in [3.8, 4) is 5.75 Å². The Balaban J connectivity index is 1.38. The predicted molar refractivity (Wildman–Crippen MR) is 105 cm³/mol. The van der Waals surface area contributed by atoms with Crippen molar-refractivity contribution in [3.05, 3.63) is 59.7 Å². The van der Waals surface area contributed by atoms with Crippen LogP contribution in [0.1, 0.15) is 24.0 Å². The highest BCUT2D eigenvalue weighted by atomic mass is 16.5. The molecule has 0 saturated carbocycles. The molecule has 0 aromatic heterocycles. The molecule has 27 heavy (non-hydrogen) atoms. The Kier molecular flexibility index (Phi) is 4.89. The average molecular weight is 366 g/mol. The van der Waals surface area contributed by atoms with Crippen molar-refractivity contribution in [1.82, 2.24) is 4.90 Å². The largest absolute Gasteiger partial charge is 0.495 e. The minimum atomic E-state index is -0.320. The second kappa shape index (κ2) is 7.33. The number of aliphatic hydroxyl groups is 1. The summed E-state index contributed by atoms with van der Waals surface area (Å²) in [6.07, 6.45) is 2.18. The van der Waals surface area contributed by atoms with E-state index in [2.05, 4.69) is 28.4 Å². The summed E-state index contributed by atoms with van der Waals surface area (Å²) in [5, 5.41) is 13.7. The fraction of sp³-hybridized carbons (Fsp3) is 0.409. The van der Waals surface area contributed by atoms with Crippen molar-refractivity contribution in [3.63, 3.8) is 0 Å². The second-order valence-electron chi connectivity index (χ2n) is 7.56. The van der Waals surface area contributed by atoms with Gasteiger partial charge in [-0.25, -0.2) is 0 Å². The molecule has 1 heterocycles. The zero-order chi connectivity index (χ0) is 18.9. The monoisotopic (exact) mass is 366 g/mol. The fourth-order valence-electron chi connectivity index (χ4n) is 4.62. The number of hydrogen-bond acceptors (Lipinski definition) is 4. The van der Waals surface area contributed by atoms with Crippen LogP contribution in [0, 0.1) is 0 Å². The number of piperidine rings is 1. The number of nitrogens with one attached hydrogen (secondary N) is 1. The van der Waals surface area contributed by atoms with Gasteiger partial charge in [0, 0.05) is 5.41 Å². The number of benzene rings is 2. The molecule has 1 aliphatic carbocycles. The molecular weight excluding hydrogens is 340 g/mol. The van der Waals surface area contributed by atoms with Gasteiger partial charge in [-0.1, -0.05) is 36.4 Å². The van der Waals surface area contributed by atoms with Crippen LogP contribution in [0.25, 0.3) is 0 Å². The second-order valence-corrected chi connectivity index (χ2v) is 7.56. The van der Waals surface area contributed by atoms with Crippen LogP contribution in [0.15, 0.2) is 48.5 Å². The molecule has 1 aliphatic heterocycles. The lowest BCUT2D eigenvalue weighted by Gasteiger charge is -2.42. The normalized spacial score (nSPS) is 21.0. The van der Waals surface area contributed by atoms with E-state index in [0.29, 0.717) is 18.0 Å². The van der Waals surface area contributed by atoms with Crippen LogP contribution < -0.4 is 10.1 Å².